The number of hydrogen-bond donors (Lipinski definition) is 1. The van der Waals surface area contributed by atoms with E-state index in [9.17, 15) is 4.79 Å². The van der Waals surface area contributed by atoms with Gasteiger partial charge < -0.3 is 15.1 Å². The molecule has 0 saturated carbocycles. The van der Waals surface area contributed by atoms with Gasteiger partial charge in [0.1, 0.15) is 0 Å². The molecule has 1 rings (SSSR count). The molecule has 1 aromatic rings. The third-order valence-electron chi connectivity index (χ3n) is 1.12. The SMILES string of the molecule is O=C(O)Cc1c(Cl)n[c-]nc1Cl.[K+]. The predicted molar refractivity (Wildman–Crippen MR) is 42.2 cm³/mol. The molecule has 0 radical (unpaired) electrons. The van der Waals surface area contributed by atoms with Crippen molar-refractivity contribution in [3.63, 3.8) is 0 Å². The van der Waals surface area contributed by atoms with Crippen LogP contribution in [0.15, 0.2) is 0 Å². The standard InChI is InChI=1S/C6H3Cl2N2O2.K/c7-5-3(1-4(11)12)6(8)10-2-9-5;/h1H2,(H,11,12);/q-1;+1. The molecule has 0 spiro atoms. The van der Waals surface area contributed by atoms with E-state index in [1.807, 2.05) is 0 Å². The number of aliphatic carboxylic acids is 1. The monoisotopic (exact) mass is 244 g/mol. The molecule has 64 valence electrons. The first-order valence-electron chi connectivity index (χ1n) is 2.91. The summed E-state index contributed by atoms with van der Waals surface area (Å²) in [4.78, 5) is 17.2. The van der Waals surface area contributed by atoms with Gasteiger partial charge in [-0.3, -0.25) is 4.79 Å². The Hall–Kier alpha value is 0.766. The van der Waals surface area contributed by atoms with E-state index in [0.29, 0.717) is 0 Å². The Labute approximate surface area is 127 Å². The molecule has 1 aromatic heterocycles. The minimum atomic E-state index is -1.03. The van der Waals surface area contributed by atoms with Gasteiger partial charge in [-0.15, -0.1) is 23.2 Å². The van der Waals surface area contributed by atoms with E-state index in [2.05, 4.69) is 16.3 Å². The summed E-state index contributed by atoms with van der Waals surface area (Å²) in [7, 11) is 0. The summed E-state index contributed by atoms with van der Waals surface area (Å²) in [5, 5.41) is 8.48. The van der Waals surface area contributed by atoms with Gasteiger partial charge in [-0.25, -0.2) is 0 Å². The third-order valence-corrected chi connectivity index (χ3v) is 1.75. The minimum absolute atomic E-state index is 0. The molecular formula is C6H3Cl2KN2O2. The maximum Gasteiger partial charge on any atom is 1.00 e. The smallest absolute Gasteiger partial charge is 0.481 e. The fourth-order valence-corrected chi connectivity index (χ4v) is 1.07. The Morgan fingerprint density at radius 2 is 1.85 bits per heavy atom. The largest absolute Gasteiger partial charge is 1.00 e. The molecule has 0 aromatic carbocycles. The van der Waals surface area contributed by atoms with Crippen molar-refractivity contribution in [1.29, 1.82) is 0 Å². The second kappa shape index (κ2) is 6.29. The van der Waals surface area contributed by atoms with E-state index in [1.165, 1.54) is 0 Å². The summed E-state index contributed by atoms with van der Waals surface area (Å²) in [5.41, 5.74) is 0.213. The quantitative estimate of drug-likeness (QED) is 0.380. The normalized spacial score (nSPS) is 9.08. The van der Waals surface area contributed by atoms with E-state index < -0.39 is 5.97 Å². The fourth-order valence-electron chi connectivity index (χ4n) is 0.630. The number of rotatable bonds is 2. The van der Waals surface area contributed by atoms with Crippen molar-refractivity contribution in [3.05, 3.63) is 22.2 Å². The van der Waals surface area contributed by atoms with E-state index in [4.69, 9.17) is 28.3 Å². The number of nitrogens with zero attached hydrogens (tertiary/aromatic N) is 2. The molecule has 0 saturated heterocycles. The van der Waals surface area contributed by atoms with Gasteiger partial charge in [0.15, 0.2) is 0 Å². The first-order valence-corrected chi connectivity index (χ1v) is 3.66. The van der Waals surface area contributed by atoms with Crippen molar-refractivity contribution >= 4 is 29.2 Å². The van der Waals surface area contributed by atoms with Crippen LogP contribution in [-0.4, -0.2) is 21.0 Å². The average Bonchev–Trinajstić information content (AvgIpc) is 1.97. The second-order valence-electron chi connectivity index (χ2n) is 1.95. The Morgan fingerprint density at radius 3 is 2.23 bits per heavy atom. The molecule has 0 atom stereocenters. The van der Waals surface area contributed by atoms with E-state index in [1.54, 1.807) is 0 Å². The Kier molecular flexibility index (Phi) is 6.66. The van der Waals surface area contributed by atoms with Crippen LogP contribution in [0.2, 0.25) is 10.3 Å². The molecule has 4 nitrogen and oxygen atoms in total. The number of carbonyl (C=O) groups is 1. The Balaban J connectivity index is 0.00000144. The van der Waals surface area contributed by atoms with Gasteiger partial charge in [0.2, 0.25) is 0 Å². The maximum atomic E-state index is 10.3. The topological polar surface area (TPSA) is 63.1 Å². The van der Waals surface area contributed by atoms with Gasteiger partial charge in [-0.2, -0.15) is 0 Å². The molecule has 13 heavy (non-hydrogen) atoms. The zero-order valence-electron chi connectivity index (χ0n) is 6.71. The van der Waals surface area contributed by atoms with Crippen molar-refractivity contribution in [2.75, 3.05) is 0 Å². The average molecular weight is 245 g/mol. The van der Waals surface area contributed by atoms with Crippen molar-refractivity contribution in [2.24, 2.45) is 0 Å². The van der Waals surface area contributed by atoms with Gasteiger partial charge in [-0.05, 0) is 0 Å². The van der Waals surface area contributed by atoms with Crippen molar-refractivity contribution < 1.29 is 61.3 Å². The predicted octanol–water partition coefficient (Wildman–Crippen LogP) is -1.79. The summed E-state index contributed by atoms with van der Waals surface area (Å²) in [6, 6.07) is 0. The molecule has 0 unspecified atom stereocenters. The first kappa shape index (κ1) is 13.8. The zero-order chi connectivity index (χ0) is 9.14. The molecule has 0 fully saturated rings. The molecule has 0 aliphatic carbocycles. The molecule has 7 heteroatoms. The summed E-state index contributed by atoms with van der Waals surface area (Å²) in [5.74, 6) is -1.03. The number of carboxylic acids is 1. The molecule has 0 bridgehead atoms. The minimum Gasteiger partial charge on any atom is -0.481 e. The van der Waals surface area contributed by atoms with Crippen LogP contribution in [-0.2, 0) is 11.2 Å². The van der Waals surface area contributed by atoms with Crippen molar-refractivity contribution in [3.8, 4) is 0 Å². The van der Waals surface area contributed by atoms with E-state index in [0.717, 1.165) is 0 Å². The molecule has 0 amide bonds. The maximum absolute atomic E-state index is 10.3. The van der Waals surface area contributed by atoms with Crippen LogP contribution in [0.3, 0.4) is 0 Å². The summed E-state index contributed by atoms with van der Waals surface area (Å²) < 4.78 is 0. The summed E-state index contributed by atoms with van der Waals surface area (Å²) >= 11 is 11.1. The van der Waals surface area contributed by atoms with Gasteiger partial charge in [-0.1, -0.05) is 5.56 Å². The first-order chi connectivity index (χ1) is 5.61. The molecule has 0 aliphatic heterocycles. The second-order valence-corrected chi connectivity index (χ2v) is 2.67. The summed E-state index contributed by atoms with van der Waals surface area (Å²) in [6.07, 6.45) is 1.90. The van der Waals surface area contributed by atoms with Crippen molar-refractivity contribution in [2.45, 2.75) is 6.42 Å². The number of aromatic nitrogens is 2. The van der Waals surface area contributed by atoms with Crippen LogP contribution in [0, 0.1) is 6.33 Å². The molecule has 1 N–H and O–H groups in total. The third kappa shape index (κ3) is 4.20. The van der Waals surface area contributed by atoms with E-state index >= 15 is 0 Å². The summed E-state index contributed by atoms with van der Waals surface area (Å²) in [6.45, 7) is 0. The van der Waals surface area contributed by atoms with E-state index in [-0.39, 0.29) is 73.7 Å². The Bertz CT molecular complexity index is 301. The number of carboxylic acid groups (broad SMARTS) is 1. The van der Waals surface area contributed by atoms with Crippen molar-refractivity contribution in [1.82, 2.24) is 9.97 Å². The van der Waals surface area contributed by atoms with Crippen LogP contribution in [0.1, 0.15) is 5.56 Å². The van der Waals surface area contributed by atoms with Crippen LogP contribution >= 0.6 is 23.2 Å². The number of hydrogen-bond acceptors (Lipinski definition) is 3. The molecule has 0 aliphatic rings. The number of halogens is 2. The molecular weight excluding hydrogens is 242 g/mol. The zero-order valence-corrected chi connectivity index (χ0v) is 11.3. The Morgan fingerprint density at radius 1 is 1.38 bits per heavy atom. The van der Waals surface area contributed by atoms with Gasteiger partial charge in [0, 0.05) is 16.6 Å². The van der Waals surface area contributed by atoms with Gasteiger partial charge in [0.05, 0.1) is 6.42 Å². The fraction of sp³-hybridized carbons (Fsp3) is 0.167. The van der Waals surface area contributed by atoms with Crippen LogP contribution in [0.5, 0.6) is 0 Å². The van der Waals surface area contributed by atoms with Gasteiger partial charge >= 0.3 is 57.4 Å². The molecule has 1 heterocycles. The van der Waals surface area contributed by atoms with Crippen LogP contribution < -0.4 is 51.4 Å². The van der Waals surface area contributed by atoms with Crippen LogP contribution in [0.4, 0.5) is 0 Å². The van der Waals surface area contributed by atoms with Gasteiger partial charge in [0.25, 0.3) is 0 Å². The van der Waals surface area contributed by atoms with Crippen LogP contribution in [0.25, 0.3) is 0 Å².